The third kappa shape index (κ3) is 1.28. The maximum atomic E-state index is 10.8. The smallest absolute Gasteiger partial charge is 0.176 e. The van der Waals surface area contributed by atoms with Gasteiger partial charge in [-0.1, -0.05) is 0 Å². The predicted octanol–water partition coefficient (Wildman–Crippen LogP) is -0.484. The molecule has 0 amide bonds. The largest absolute Gasteiger partial charge is 0.372 e. The molecule has 0 saturated carbocycles. The number of likely N-dealkylation sites (tertiary alicyclic amines) is 1. The Kier molecular flexibility index (Phi) is 1.83. The van der Waals surface area contributed by atoms with Crippen LogP contribution >= 0.6 is 0 Å². The first-order valence-corrected chi connectivity index (χ1v) is 2.98. The quantitative estimate of drug-likeness (QED) is 0.478. The highest BCUT2D eigenvalue weighted by atomic mass is 16.5. The van der Waals surface area contributed by atoms with Crippen LogP contribution in [0.4, 0.5) is 0 Å². The van der Waals surface area contributed by atoms with Gasteiger partial charge in [0.15, 0.2) is 5.78 Å². The molecule has 0 aromatic rings. The molecular formula is C6H11NO2. The molecule has 9 heavy (non-hydrogen) atoms. The number of likely N-dealkylation sites (N-methyl/N-ethyl adjacent to an activating group) is 1. The molecule has 52 valence electrons. The van der Waals surface area contributed by atoms with E-state index in [4.69, 9.17) is 4.74 Å². The number of carbonyl (C=O) groups excluding carboxylic acids is 1. The minimum atomic E-state index is -0.171. The third-order valence-corrected chi connectivity index (χ3v) is 1.55. The van der Waals surface area contributed by atoms with Crippen molar-refractivity contribution in [3.05, 3.63) is 0 Å². The summed E-state index contributed by atoms with van der Waals surface area (Å²) >= 11 is 0. The van der Waals surface area contributed by atoms with Crippen molar-refractivity contribution in [1.29, 1.82) is 0 Å². The number of carbonyl (C=O) groups is 1. The van der Waals surface area contributed by atoms with Gasteiger partial charge in [0, 0.05) is 13.7 Å². The van der Waals surface area contributed by atoms with Crippen LogP contribution in [-0.4, -0.2) is 44.0 Å². The van der Waals surface area contributed by atoms with Crippen LogP contribution < -0.4 is 0 Å². The zero-order valence-electron chi connectivity index (χ0n) is 5.76. The Morgan fingerprint density at radius 2 is 2.44 bits per heavy atom. The molecule has 3 heteroatoms. The standard InChI is InChI=1S/C6H11NO2/c1-7-3-5(8)6(4-7)9-2/h6H,3-4H2,1-2H3. The topological polar surface area (TPSA) is 29.5 Å². The van der Waals surface area contributed by atoms with Gasteiger partial charge in [-0.3, -0.25) is 9.69 Å². The van der Waals surface area contributed by atoms with Gasteiger partial charge in [-0.05, 0) is 7.05 Å². The summed E-state index contributed by atoms with van der Waals surface area (Å²) in [5.74, 6) is 0.194. The molecule has 0 spiro atoms. The van der Waals surface area contributed by atoms with E-state index in [1.54, 1.807) is 7.11 Å². The van der Waals surface area contributed by atoms with Crippen molar-refractivity contribution in [2.75, 3.05) is 27.2 Å². The van der Waals surface area contributed by atoms with Crippen molar-refractivity contribution in [3.8, 4) is 0 Å². The number of hydrogen-bond donors (Lipinski definition) is 0. The number of hydrogen-bond acceptors (Lipinski definition) is 3. The van der Waals surface area contributed by atoms with Gasteiger partial charge in [0.05, 0.1) is 6.54 Å². The first kappa shape index (κ1) is 6.71. The Bertz CT molecular complexity index is 124. The lowest BCUT2D eigenvalue weighted by atomic mass is 10.3. The first-order chi connectivity index (χ1) is 4.24. The van der Waals surface area contributed by atoms with Crippen molar-refractivity contribution in [2.45, 2.75) is 6.10 Å². The molecule has 0 aromatic carbocycles. The number of rotatable bonds is 1. The third-order valence-electron chi connectivity index (χ3n) is 1.55. The lowest BCUT2D eigenvalue weighted by molar-refractivity contribution is -0.124. The fraction of sp³-hybridized carbons (Fsp3) is 0.833. The van der Waals surface area contributed by atoms with Crippen molar-refractivity contribution in [3.63, 3.8) is 0 Å². The maximum absolute atomic E-state index is 10.8. The summed E-state index contributed by atoms with van der Waals surface area (Å²) < 4.78 is 4.90. The summed E-state index contributed by atoms with van der Waals surface area (Å²) in [4.78, 5) is 12.8. The zero-order chi connectivity index (χ0) is 6.85. The van der Waals surface area contributed by atoms with Crippen LogP contribution in [0.3, 0.4) is 0 Å². The predicted molar refractivity (Wildman–Crippen MR) is 33.3 cm³/mol. The van der Waals surface area contributed by atoms with Crippen molar-refractivity contribution in [2.24, 2.45) is 0 Å². The second-order valence-electron chi connectivity index (χ2n) is 2.39. The van der Waals surface area contributed by atoms with Gasteiger partial charge in [0.1, 0.15) is 6.10 Å². The minimum absolute atomic E-state index is 0.171. The lowest BCUT2D eigenvalue weighted by Gasteiger charge is -2.04. The Balaban J connectivity index is 2.48. The average molecular weight is 129 g/mol. The van der Waals surface area contributed by atoms with Gasteiger partial charge in [-0.25, -0.2) is 0 Å². The van der Waals surface area contributed by atoms with Crippen LogP contribution in [0.5, 0.6) is 0 Å². The number of Topliss-reactive ketones (excluding diaryl/α,β-unsaturated/α-hetero) is 1. The van der Waals surface area contributed by atoms with E-state index >= 15 is 0 Å². The van der Waals surface area contributed by atoms with Crippen molar-refractivity contribution in [1.82, 2.24) is 4.90 Å². The van der Waals surface area contributed by atoms with Crippen LogP contribution in [0.15, 0.2) is 0 Å². The molecule has 1 fully saturated rings. The summed E-state index contributed by atoms with van der Waals surface area (Å²) in [5.41, 5.74) is 0. The Morgan fingerprint density at radius 3 is 2.67 bits per heavy atom. The molecule has 1 atom stereocenters. The normalized spacial score (nSPS) is 29.6. The molecule has 1 unspecified atom stereocenters. The number of ether oxygens (including phenoxy) is 1. The van der Waals surface area contributed by atoms with Gasteiger partial charge in [0.25, 0.3) is 0 Å². The fourth-order valence-electron chi connectivity index (χ4n) is 1.02. The molecule has 0 radical (unpaired) electrons. The Labute approximate surface area is 54.6 Å². The molecular weight excluding hydrogens is 118 g/mol. The van der Waals surface area contributed by atoms with Gasteiger partial charge >= 0.3 is 0 Å². The molecule has 1 rings (SSSR count). The molecule has 1 heterocycles. The average Bonchev–Trinajstić information content (AvgIpc) is 2.10. The van der Waals surface area contributed by atoms with Crippen molar-refractivity contribution >= 4 is 5.78 Å². The molecule has 1 aliphatic heterocycles. The van der Waals surface area contributed by atoms with Crippen LogP contribution in [0.1, 0.15) is 0 Å². The summed E-state index contributed by atoms with van der Waals surface area (Å²) in [7, 11) is 3.48. The monoisotopic (exact) mass is 129 g/mol. The highest BCUT2D eigenvalue weighted by molar-refractivity contribution is 5.87. The highest BCUT2D eigenvalue weighted by Gasteiger charge is 2.27. The van der Waals surface area contributed by atoms with Gasteiger partial charge in [0.2, 0.25) is 0 Å². The summed E-state index contributed by atoms with van der Waals surface area (Å²) in [6, 6.07) is 0. The summed E-state index contributed by atoms with van der Waals surface area (Å²) in [6.07, 6.45) is -0.171. The van der Waals surface area contributed by atoms with E-state index in [0.717, 1.165) is 6.54 Å². The second kappa shape index (κ2) is 2.45. The number of ketones is 1. The molecule has 1 aliphatic rings. The maximum Gasteiger partial charge on any atom is 0.176 e. The van der Waals surface area contributed by atoms with E-state index in [-0.39, 0.29) is 11.9 Å². The molecule has 0 bridgehead atoms. The van der Waals surface area contributed by atoms with E-state index in [2.05, 4.69) is 0 Å². The second-order valence-corrected chi connectivity index (χ2v) is 2.39. The number of nitrogens with zero attached hydrogens (tertiary/aromatic N) is 1. The number of methoxy groups -OCH3 is 1. The van der Waals surface area contributed by atoms with Gasteiger partial charge in [-0.2, -0.15) is 0 Å². The fourth-order valence-corrected chi connectivity index (χ4v) is 1.02. The molecule has 1 saturated heterocycles. The molecule has 0 aliphatic carbocycles. The molecule has 0 aromatic heterocycles. The van der Waals surface area contributed by atoms with Crippen LogP contribution in [0, 0.1) is 0 Å². The van der Waals surface area contributed by atoms with E-state index < -0.39 is 0 Å². The van der Waals surface area contributed by atoms with E-state index in [0.29, 0.717) is 6.54 Å². The summed E-state index contributed by atoms with van der Waals surface area (Å²) in [6.45, 7) is 1.29. The lowest BCUT2D eigenvalue weighted by Crippen LogP contribution is -2.20. The molecule has 3 nitrogen and oxygen atoms in total. The van der Waals surface area contributed by atoms with Crippen LogP contribution in [-0.2, 0) is 9.53 Å². The van der Waals surface area contributed by atoms with Crippen LogP contribution in [0.2, 0.25) is 0 Å². The van der Waals surface area contributed by atoms with E-state index in [9.17, 15) is 4.79 Å². The van der Waals surface area contributed by atoms with Gasteiger partial charge < -0.3 is 4.74 Å². The SMILES string of the molecule is COC1CN(C)CC1=O. The van der Waals surface area contributed by atoms with E-state index in [1.807, 2.05) is 11.9 Å². The Morgan fingerprint density at radius 1 is 1.78 bits per heavy atom. The molecule has 0 N–H and O–H groups in total. The Hall–Kier alpha value is -0.410. The summed E-state index contributed by atoms with van der Waals surface area (Å²) in [5, 5.41) is 0. The first-order valence-electron chi connectivity index (χ1n) is 2.98. The minimum Gasteiger partial charge on any atom is -0.372 e. The van der Waals surface area contributed by atoms with Crippen LogP contribution in [0.25, 0.3) is 0 Å². The van der Waals surface area contributed by atoms with Gasteiger partial charge in [-0.15, -0.1) is 0 Å². The highest BCUT2D eigenvalue weighted by Crippen LogP contribution is 2.04. The zero-order valence-corrected chi connectivity index (χ0v) is 5.76. The van der Waals surface area contributed by atoms with Crippen molar-refractivity contribution < 1.29 is 9.53 Å². The van der Waals surface area contributed by atoms with E-state index in [1.165, 1.54) is 0 Å².